The summed E-state index contributed by atoms with van der Waals surface area (Å²) in [7, 11) is 0. The maximum atomic E-state index is 13.8. The fraction of sp³-hybridized carbons (Fsp3) is 0.0800. The van der Waals surface area contributed by atoms with Crippen LogP contribution in [-0.2, 0) is 4.79 Å². The van der Waals surface area contributed by atoms with Gasteiger partial charge in [0, 0.05) is 23.4 Å². The highest BCUT2D eigenvalue weighted by atomic mass is 19.1. The Hall–Kier alpha value is -4.06. The lowest BCUT2D eigenvalue weighted by Crippen LogP contribution is -2.28. The molecule has 0 saturated heterocycles. The fourth-order valence-corrected chi connectivity index (χ4v) is 3.71. The van der Waals surface area contributed by atoms with E-state index in [9.17, 15) is 19.1 Å². The van der Waals surface area contributed by atoms with Gasteiger partial charge in [-0.25, -0.2) is 9.37 Å². The average Bonchev–Trinajstić information content (AvgIpc) is 2.75. The molecule has 0 aliphatic rings. The van der Waals surface area contributed by atoms with E-state index in [1.54, 1.807) is 6.07 Å². The van der Waals surface area contributed by atoms with Crippen LogP contribution in [0.1, 0.15) is 22.8 Å². The predicted octanol–water partition coefficient (Wildman–Crippen LogP) is 4.40. The van der Waals surface area contributed by atoms with Gasteiger partial charge in [-0.2, -0.15) is 0 Å². The molecule has 6 heteroatoms. The molecule has 0 aliphatic heterocycles. The third kappa shape index (κ3) is 3.75. The number of halogens is 1. The molecule has 0 bridgehead atoms. The van der Waals surface area contributed by atoms with Crippen LogP contribution in [0.2, 0.25) is 0 Å². The highest BCUT2D eigenvalue weighted by molar-refractivity contribution is 6.07. The second-order valence-electron chi connectivity index (χ2n) is 7.16. The van der Waals surface area contributed by atoms with Crippen LogP contribution >= 0.6 is 0 Å². The molecule has 0 unspecified atom stereocenters. The van der Waals surface area contributed by atoms with E-state index in [0.717, 1.165) is 17.2 Å². The molecule has 0 N–H and O–H groups in total. The van der Waals surface area contributed by atoms with Crippen molar-refractivity contribution in [3.05, 3.63) is 89.7 Å². The molecule has 0 spiro atoms. The molecule has 5 nitrogen and oxygen atoms in total. The molecule has 1 amide bonds. The second-order valence-corrected chi connectivity index (χ2v) is 7.16. The number of carbonyl (C=O) groups is 2. The zero-order valence-corrected chi connectivity index (χ0v) is 16.9. The number of anilines is 2. The Balaban J connectivity index is 1.95. The minimum absolute atomic E-state index is 0.128. The first-order valence-electron chi connectivity index (χ1n) is 9.64. The van der Waals surface area contributed by atoms with Crippen molar-refractivity contribution in [3.63, 3.8) is 0 Å². The molecule has 31 heavy (non-hydrogen) atoms. The number of pyridine rings is 1. The highest BCUT2D eigenvalue weighted by Gasteiger charge is 2.22. The molecule has 4 rings (SSSR count). The number of carboxylic acid groups (broad SMARTS) is 1. The molecule has 154 valence electrons. The first kappa shape index (κ1) is 20.2. The van der Waals surface area contributed by atoms with Crippen LogP contribution in [0.5, 0.6) is 0 Å². The van der Waals surface area contributed by atoms with Gasteiger partial charge < -0.3 is 9.90 Å². The Morgan fingerprint density at radius 2 is 1.65 bits per heavy atom. The van der Waals surface area contributed by atoms with Crippen LogP contribution in [0, 0.1) is 12.7 Å². The van der Waals surface area contributed by atoms with E-state index in [1.165, 1.54) is 30.9 Å². The van der Waals surface area contributed by atoms with E-state index in [2.05, 4.69) is 4.98 Å². The number of nitrogens with zero attached hydrogens (tertiary/aromatic N) is 2. The van der Waals surface area contributed by atoms with Gasteiger partial charge in [0.05, 0.1) is 17.2 Å². The molecule has 3 aromatic carbocycles. The Labute approximate surface area is 178 Å². The highest BCUT2D eigenvalue weighted by Crippen LogP contribution is 2.34. The van der Waals surface area contributed by atoms with E-state index in [4.69, 9.17) is 0 Å². The van der Waals surface area contributed by atoms with Gasteiger partial charge in [0.1, 0.15) is 11.6 Å². The summed E-state index contributed by atoms with van der Waals surface area (Å²) in [6, 6.07) is 20.7. The van der Waals surface area contributed by atoms with Crippen molar-refractivity contribution in [1.29, 1.82) is 0 Å². The van der Waals surface area contributed by atoms with Gasteiger partial charge in [0.25, 0.3) is 0 Å². The van der Waals surface area contributed by atoms with E-state index in [1.807, 2.05) is 48.5 Å². The summed E-state index contributed by atoms with van der Waals surface area (Å²) in [5.41, 5.74) is 2.69. The van der Waals surface area contributed by atoms with Crippen LogP contribution in [0.15, 0.2) is 72.8 Å². The molecule has 1 aromatic heterocycles. The van der Waals surface area contributed by atoms with E-state index < -0.39 is 11.8 Å². The number of rotatable bonds is 4. The standard InChI is InChI=1S/C25H19FN2O3/c1-15-23(25(30)31)21-14-19(26)11-12-22(21)27-24(15)28(16(2)29)20-10-6-9-18(13-20)17-7-4-3-5-8-17/h3-14H,1-2H3,(H,30,31)/p-1. The topological polar surface area (TPSA) is 73.3 Å². The zero-order valence-electron chi connectivity index (χ0n) is 16.9. The quantitative estimate of drug-likeness (QED) is 0.497. The van der Waals surface area contributed by atoms with Gasteiger partial charge in [-0.1, -0.05) is 42.5 Å². The van der Waals surface area contributed by atoms with Gasteiger partial charge in [0.2, 0.25) is 5.91 Å². The van der Waals surface area contributed by atoms with Gasteiger partial charge in [-0.05, 0) is 48.4 Å². The van der Waals surface area contributed by atoms with Gasteiger partial charge in [0.15, 0.2) is 0 Å². The van der Waals surface area contributed by atoms with E-state index >= 15 is 0 Å². The third-order valence-electron chi connectivity index (χ3n) is 5.11. The molecule has 0 saturated carbocycles. The SMILES string of the molecule is CC(=O)N(c1cccc(-c2ccccc2)c1)c1nc2ccc(F)cc2c(C(=O)[O-])c1C. The molecule has 4 aromatic rings. The Morgan fingerprint density at radius 3 is 2.32 bits per heavy atom. The van der Waals surface area contributed by atoms with Crippen LogP contribution in [0.3, 0.4) is 0 Å². The molecular weight excluding hydrogens is 395 g/mol. The maximum absolute atomic E-state index is 13.8. The molecule has 0 radical (unpaired) electrons. The normalized spacial score (nSPS) is 10.8. The van der Waals surface area contributed by atoms with Crippen molar-refractivity contribution < 1.29 is 19.1 Å². The lowest BCUT2D eigenvalue weighted by Gasteiger charge is -2.25. The van der Waals surface area contributed by atoms with Crippen molar-refractivity contribution in [1.82, 2.24) is 4.98 Å². The van der Waals surface area contributed by atoms with Crippen molar-refractivity contribution in [2.24, 2.45) is 0 Å². The third-order valence-corrected chi connectivity index (χ3v) is 5.11. The smallest absolute Gasteiger partial charge is 0.229 e. The number of aromatic carboxylic acids is 1. The molecule has 0 fully saturated rings. The van der Waals surface area contributed by atoms with Crippen molar-refractivity contribution in [3.8, 4) is 11.1 Å². The summed E-state index contributed by atoms with van der Waals surface area (Å²) in [4.78, 5) is 30.4. The molecule has 0 atom stereocenters. The molecule has 1 heterocycles. The van der Waals surface area contributed by atoms with Crippen LogP contribution in [-0.4, -0.2) is 16.9 Å². The van der Waals surface area contributed by atoms with E-state index in [-0.39, 0.29) is 33.8 Å². The van der Waals surface area contributed by atoms with Crippen LogP contribution in [0.4, 0.5) is 15.9 Å². The summed E-state index contributed by atoms with van der Waals surface area (Å²) in [6.45, 7) is 2.92. The molecular formula is C25H18FN2O3-. The first-order valence-corrected chi connectivity index (χ1v) is 9.64. The Bertz CT molecular complexity index is 1320. The zero-order chi connectivity index (χ0) is 22.1. The lowest BCUT2D eigenvalue weighted by atomic mass is 10.0. The number of carbonyl (C=O) groups excluding carboxylic acids is 2. The summed E-state index contributed by atoms with van der Waals surface area (Å²) in [5, 5.41) is 12.0. The summed E-state index contributed by atoms with van der Waals surface area (Å²) < 4.78 is 13.8. The largest absolute Gasteiger partial charge is 0.545 e. The Morgan fingerprint density at radius 1 is 0.935 bits per heavy atom. The number of hydrogen-bond donors (Lipinski definition) is 0. The number of benzene rings is 3. The van der Waals surface area contributed by atoms with E-state index in [0.29, 0.717) is 5.69 Å². The maximum Gasteiger partial charge on any atom is 0.229 e. The number of amides is 1. The number of carboxylic acids is 1. The van der Waals surface area contributed by atoms with Crippen molar-refractivity contribution >= 4 is 34.3 Å². The minimum atomic E-state index is -1.46. The first-order chi connectivity index (χ1) is 14.9. The summed E-state index contributed by atoms with van der Waals surface area (Å²) >= 11 is 0. The van der Waals surface area contributed by atoms with Gasteiger partial charge in [-0.15, -0.1) is 0 Å². The lowest BCUT2D eigenvalue weighted by molar-refractivity contribution is -0.254. The summed E-state index contributed by atoms with van der Waals surface area (Å²) in [6.07, 6.45) is 0. The van der Waals surface area contributed by atoms with Crippen molar-refractivity contribution in [2.75, 3.05) is 4.90 Å². The Kier molecular flexibility index (Phi) is 5.21. The van der Waals surface area contributed by atoms with Crippen LogP contribution in [0.25, 0.3) is 22.0 Å². The second kappa shape index (κ2) is 7.99. The monoisotopic (exact) mass is 413 g/mol. The minimum Gasteiger partial charge on any atom is -0.545 e. The predicted molar refractivity (Wildman–Crippen MR) is 115 cm³/mol. The summed E-state index contributed by atoms with van der Waals surface area (Å²) in [5.74, 6) is -2.22. The van der Waals surface area contributed by atoms with Crippen molar-refractivity contribution in [2.45, 2.75) is 13.8 Å². The number of aromatic nitrogens is 1. The van der Waals surface area contributed by atoms with Gasteiger partial charge in [-0.3, -0.25) is 9.69 Å². The fourth-order valence-electron chi connectivity index (χ4n) is 3.71. The van der Waals surface area contributed by atoms with Crippen LogP contribution < -0.4 is 10.0 Å². The number of hydrogen-bond acceptors (Lipinski definition) is 4. The average molecular weight is 413 g/mol. The number of fused-ring (bicyclic) bond motifs is 1. The molecule has 0 aliphatic carbocycles. The van der Waals surface area contributed by atoms with Gasteiger partial charge >= 0.3 is 0 Å².